The van der Waals surface area contributed by atoms with Crippen LogP contribution in [0.3, 0.4) is 0 Å². The van der Waals surface area contributed by atoms with Crippen molar-refractivity contribution in [2.45, 2.75) is 95.8 Å². The zero-order valence-corrected chi connectivity index (χ0v) is 19.2. The summed E-state index contributed by atoms with van der Waals surface area (Å²) in [5, 5.41) is 0. The molecular formula is C22H34F4O4S. The normalized spacial score (nSPS) is 12.9. The first kappa shape index (κ1) is 27.7. The van der Waals surface area contributed by atoms with Crippen molar-refractivity contribution in [3.8, 4) is 5.75 Å². The average Bonchev–Trinajstić information content (AvgIpc) is 2.71. The summed E-state index contributed by atoms with van der Waals surface area (Å²) >= 11 is 0. The Morgan fingerprint density at radius 3 is 1.71 bits per heavy atom. The maximum absolute atomic E-state index is 14.2. The van der Waals surface area contributed by atoms with Gasteiger partial charge in [0.1, 0.15) is 0 Å². The fraction of sp³-hybridized carbons (Fsp3) is 0.727. The number of rotatable bonds is 16. The van der Waals surface area contributed by atoms with Crippen LogP contribution in [0, 0.1) is 29.2 Å². The minimum absolute atomic E-state index is 0.0900. The summed E-state index contributed by atoms with van der Waals surface area (Å²) in [6, 6.07) is 0. The number of hydrogen-bond donors (Lipinski definition) is 1. The molecule has 0 heterocycles. The molecule has 0 aliphatic heterocycles. The number of hydrogen-bond acceptors (Lipinski definition) is 3. The molecule has 31 heavy (non-hydrogen) atoms. The van der Waals surface area contributed by atoms with Crippen LogP contribution in [0.5, 0.6) is 5.75 Å². The van der Waals surface area contributed by atoms with Gasteiger partial charge in [-0.15, -0.1) is 0 Å². The molecule has 0 saturated carbocycles. The summed E-state index contributed by atoms with van der Waals surface area (Å²) in [6.45, 7) is 4.02. The summed E-state index contributed by atoms with van der Waals surface area (Å²) in [7, 11) is -5.37. The van der Waals surface area contributed by atoms with Crippen LogP contribution in [0.2, 0.25) is 0 Å². The molecule has 4 nitrogen and oxygen atoms in total. The van der Waals surface area contributed by atoms with Crippen LogP contribution in [0.15, 0.2) is 4.90 Å². The van der Waals surface area contributed by atoms with Gasteiger partial charge in [-0.3, -0.25) is 4.55 Å². The zero-order chi connectivity index (χ0) is 23.4. The highest BCUT2D eigenvalue weighted by atomic mass is 32.2. The third-order valence-corrected chi connectivity index (χ3v) is 6.22. The second-order valence-corrected chi connectivity index (χ2v) is 9.33. The molecule has 1 unspecified atom stereocenters. The Balaban J connectivity index is 2.92. The van der Waals surface area contributed by atoms with E-state index in [1.54, 1.807) is 0 Å². The van der Waals surface area contributed by atoms with Gasteiger partial charge in [0, 0.05) is 0 Å². The number of unbranched alkanes of at least 4 members (excludes halogenated alkanes) is 8. The molecule has 0 spiro atoms. The largest absolute Gasteiger partial charge is 0.489 e. The van der Waals surface area contributed by atoms with Crippen LogP contribution in [0.25, 0.3) is 0 Å². The van der Waals surface area contributed by atoms with E-state index in [-0.39, 0.29) is 12.5 Å². The van der Waals surface area contributed by atoms with E-state index in [2.05, 4.69) is 13.8 Å². The van der Waals surface area contributed by atoms with Crippen LogP contribution in [0.1, 0.15) is 90.9 Å². The lowest BCUT2D eigenvalue weighted by molar-refractivity contribution is 0.204. The van der Waals surface area contributed by atoms with E-state index in [1.807, 2.05) is 0 Å². The van der Waals surface area contributed by atoms with Gasteiger partial charge in [0.05, 0.1) is 6.61 Å². The number of halogens is 4. The molecule has 0 aliphatic rings. The first-order valence-electron chi connectivity index (χ1n) is 11.1. The quantitative estimate of drug-likeness (QED) is 0.0912. The van der Waals surface area contributed by atoms with Crippen LogP contribution >= 0.6 is 0 Å². The lowest BCUT2D eigenvalue weighted by Gasteiger charge is -2.19. The minimum atomic E-state index is -5.37. The van der Waals surface area contributed by atoms with Crippen LogP contribution in [0.4, 0.5) is 17.6 Å². The van der Waals surface area contributed by atoms with E-state index in [0.717, 1.165) is 70.6 Å². The summed E-state index contributed by atoms with van der Waals surface area (Å²) in [5.41, 5.74) is 0. The fourth-order valence-corrected chi connectivity index (χ4v) is 4.23. The Morgan fingerprint density at radius 2 is 1.19 bits per heavy atom. The van der Waals surface area contributed by atoms with E-state index in [0.29, 0.717) is 0 Å². The monoisotopic (exact) mass is 470 g/mol. The van der Waals surface area contributed by atoms with E-state index >= 15 is 0 Å². The Kier molecular flexibility index (Phi) is 12.4. The lowest BCUT2D eigenvalue weighted by atomic mass is 9.95. The fourth-order valence-electron chi connectivity index (χ4n) is 3.54. The highest BCUT2D eigenvalue weighted by Crippen LogP contribution is 2.34. The molecule has 1 rings (SSSR count). The van der Waals surface area contributed by atoms with Crippen LogP contribution in [-0.2, 0) is 10.1 Å². The van der Waals surface area contributed by atoms with Gasteiger partial charge in [-0.2, -0.15) is 12.8 Å². The van der Waals surface area contributed by atoms with Crippen LogP contribution < -0.4 is 4.74 Å². The summed E-state index contributed by atoms with van der Waals surface area (Å²) in [4.78, 5) is -1.71. The zero-order valence-electron chi connectivity index (χ0n) is 18.4. The molecule has 180 valence electrons. The van der Waals surface area contributed by atoms with Gasteiger partial charge in [-0.25, -0.2) is 13.2 Å². The molecule has 0 aromatic heterocycles. The predicted octanol–water partition coefficient (Wildman–Crippen LogP) is 7.21. The Labute approximate surface area is 183 Å². The highest BCUT2D eigenvalue weighted by Gasteiger charge is 2.33. The van der Waals surface area contributed by atoms with Crippen molar-refractivity contribution in [2.75, 3.05) is 6.61 Å². The predicted molar refractivity (Wildman–Crippen MR) is 112 cm³/mol. The summed E-state index contributed by atoms with van der Waals surface area (Å²) < 4.78 is 92.5. The third-order valence-electron chi connectivity index (χ3n) is 5.34. The highest BCUT2D eigenvalue weighted by molar-refractivity contribution is 7.86. The summed E-state index contributed by atoms with van der Waals surface area (Å²) in [5.74, 6) is -10.1. The van der Waals surface area contributed by atoms with Gasteiger partial charge < -0.3 is 4.74 Å². The molecule has 0 aliphatic carbocycles. The van der Waals surface area contributed by atoms with E-state index in [4.69, 9.17) is 4.74 Å². The van der Waals surface area contributed by atoms with Crippen molar-refractivity contribution < 1.29 is 35.3 Å². The van der Waals surface area contributed by atoms with Crippen molar-refractivity contribution in [1.29, 1.82) is 0 Å². The number of ether oxygens (including phenoxy) is 1. The van der Waals surface area contributed by atoms with Crippen molar-refractivity contribution >= 4 is 10.1 Å². The van der Waals surface area contributed by atoms with Gasteiger partial charge in [0.2, 0.25) is 11.6 Å². The minimum Gasteiger partial charge on any atom is -0.489 e. The topological polar surface area (TPSA) is 63.6 Å². The molecule has 0 fully saturated rings. The number of benzene rings is 1. The molecular weight excluding hydrogens is 436 g/mol. The molecule has 9 heteroatoms. The average molecular weight is 471 g/mol. The maximum atomic E-state index is 14.2. The molecule has 0 amide bonds. The van der Waals surface area contributed by atoms with Crippen molar-refractivity contribution in [3.63, 3.8) is 0 Å². The maximum Gasteiger partial charge on any atom is 0.301 e. The molecule has 0 saturated heterocycles. The van der Waals surface area contributed by atoms with Gasteiger partial charge in [-0.05, 0) is 18.8 Å². The SMILES string of the molecule is CCCCCCCCC(CCCCCC)COc1c(F)c(F)c(F)c(F)c1S(=O)(=O)O. The Hall–Kier alpha value is -1.35. The Morgan fingerprint density at radius 1 is 0.742 bits per heavy atom. The van der Waals surface area contributed by atoms with Gasteiger partial charge in [0.15, 0.2) is 22.3 Å². The second kappa shape index (κ2) is 13.9. The third kappa shape index (κ3) is 8.96. The van der Waals surface area contributed by atoms with E-state index in [1.165, 1.54) is 6.42 Å². The molecule has 1 aromatic carbocycles. The second-order valence-electron chi connectivity index (χ2n) is 7.97. The molecule has 1 aromatic rings. The smallest absolute Gasteiger partial charge is 0.301 e. The first-order chi connectivity index (χ1) is 14.6. The van der Waals surface area contributed by atoms with Gasteiger partial charge in [0.25, 0.3) is 0 Å². The Bertz CT molecular complexity index is 784. The van der Waals surface area contributed by atoms with Crippen LogP contribution in [-0.4, -0.2) is 19.6 Å². The summed E-state index contributed by atoms with van der Waals surface area (Å²) in [6.07, 6.45) is 11.9. The molecule has 1 N–H and O–H groups in total. The van der Waals surface area contributed by atoms with Crippen molar-refractivity contribution in [3.05, 3.63) is 23.3 Å². The van der Waals surface area contributed by atoms with Crippen molar-refractivity contribution in [1.82, 2.24) is 0 Å². The van der Waals surface area contributed by atoms with Gasteiger partial charge >= 0.3 is 10.1 Å². The van der Waals surface area contributed by atoms with E-state index in [9.17, 15) is 30.5 Å². The van der Waals surface area contributed by atoms with E-state index < -0.39 is 44.0 Å². The first-order valence-corrected chi connectivity index (χ1v) is 12.5. The van der Waals surface area contributed by atoms with Crippen molar-refractivity contribution in [2.24, 2.45) is 5.92 Å². The molecule has 0 radical (unpaired) electrons. The molecule has 1 atom stereocenters. The van der Waals surface area contributed by atoms with Gasteiger partial charge in [-0.1, -0.05) is 78.1 Å². The molecule has 0 bridgehead atoms. The standard InChI is InChI=1S/C22H34F4O4S/c1-3-5-7-9-10-12-14-16(13-11-8-6-4-2)15-30-21-19(25)17(23)18(24)20(26)22(21)31(27,28)29/h16H,3-15H2,1-2H3,(H,27,28,29). The lowest BCUT2D eigenvalue weighted by Crippen LogP contribution is -2.17.